The van der Waals surface area contributed by atoms with E-state index >= 15 is 0 Å². The lowest BCUT2D eigenvalue weighted by Crippen LogP contribution is -2.45. The number of para-hydroxylation sites is 1. The Balaban J connectivity index is 2.76. The third-order valence-corrected chi connectivity index (χ3v) is 3.68. The summed E-state index contributed by atoms with van der Waals surface area (Å²) in [6.07, 6.45) is 2.50. The van der Waals surface area contributed by atoms with Crippen molar-refractivity contribution in [2.24, 2.45) is 0 Å². The van der Waals surface area contributed by atoms with Crippen molar-refractivity contribution < 1.29 is 9.00 Å². The number of carbonyl (C=O) groups excluding carboxylic acids is 1. The Morgan fingerprint density at radius 3 is 2.53 bits per heavy atom. The molecular weight excluding hydrogens is 260 g/mol. The zero-order chi connectivity index (χ0) is 14.5. The topological polar surface area (TPSA) is 58.2 Å². The molecule has 106 valence electrons. The second kappa shape index (κ2) is 6.70. The highest BCUT2D eigenvalue weighted by Crippen LogP contribution is 2.17. The van der Waals surface area contributed by atoms with Crippen molar-refractivity contribution in [1.29, 1.82) is 0 Å². The van der Waals surface area contributed by atoms with Crippen LogP contribution in [-0.4, -0.2) is 22.0 Å². The normalized spacial score (nSPS) is 12.8. The number of hydrogen-bond donors (Lipinski definition) is 2. The predicted octanol–water partition coefficient (Wildman–Crippen LogP) is 2.88. The molecular formula is C14H22N2O2S. The molecule has 1 rings (SSSR count). The van der Waals surface area contributed by atoms with E-state index in [1.165, 1.54) is 0 Å². The van der Waals surface area contributed by atoms with Crippen molar-refractivity contribution >= 4 is 22.5 Å². The van der Waals surface area contributed by atoms with Crippen molar-refractivity contribution in [2.75, 3.05) is 11.6 Å². The molecule has 0 aromatic heterocycles. The minimum atomic E-state index is -0.934. The fraction of sp³-hybridized carbons (Fsp3) is 0.500. The second-order valence-electron chi connectivity index (χ2n) is 5.19. The number of hydrogen-bond acceptors (Lipinski definition) is 2. The van der Waals surface area contributed by atoms with E-state index in [4.69, 9.17) is 0 Å². The van der Waals surface area contributed by atoms with E-state index in [1.54, 1.807) is 6.26 Å². The first kappa shape index (κ1) is 15.7. The third-order valence-electron chi connectivity index (χ3n) is 2.96. The average Bonchev–Trinajstić information content (AvgIpc) is 2.30. The van der Waals surface area contributed by atoms with Crippen LogP contribution in [-0.2, 0) is 16.6 Å². The highest BCUT2D eigenvalue weighted by Gasteiger charge is 2.18. The Bertz CT molecular complexity index is 472. The molecule has 0 fully saturated rings. The number of rotatable bonds is 5. The molecule has 0 bridgehead atoms. The van der Waals surface area contributed by atoms with Gasteiger partial charge in [-0.15, -0.1) is 0 Å². The van der Waals surface area contributed by atoms with Crippen LogP contribution in [0.2, 0.25) is 0 Å². The minimum Gasteiger partial charge on any atom is -0.333 e. The Morgan fingerprint density at radius 2 is 1.95 bits per heavy atom. The van der Waals surface area contributed by atoms with Crippen LogP contribution < -0.4 is 10.6 Å². The SMILES string of the molecule is CCC(C)(C)NC(=O)Nc1ccccc1C[S@](C)=O. The van der Waals surface area contributed by atoms with Crippen LogP contribution in [0.1, 0.15) is 32.8 Å². The molecule has 4 nitrogen and oxygen atoms in total. The number of anilines is 1. The zero-order valence-corrected chi connectivity index (χ0v) is 12.8. The Morgan fingerprint density at radius 1 is 1.32 bits per heavy atom. The highest BCUT2D eigenvalue weighted by atomic mass is 32.2. The van der Waals surface area contributed by atoms with Gasteiger partial charge in [0.2, 0.25) is 0 Å². The van der Waals surface area contributed by atoms with Gasteiger partial charge in [-0.2, -0.15) is 0 Å². The van der Waals surface area contributed by atoms with Gasteiger partial charge in [-0.3, -0.25) is 4.21 Å². The van der Waals surface area contributed by atoms with Gasteiger partial charge in [0.05, 0.1) is 5.75 Å². The maximum atomic E-state index is 11.9. The van der Waals surface area contributed by atoms with Gasteiger partial charge in [-0.25, -0.2) is 4.79 Å². The molecule has 2 N–H and O–H groups in total. The van der Waals surface area contributed by atoms with Gasteiger partial charge in [0.1, 0.15) is 0 Å². The van der Waals surface area contributed by atoms with E-state index in [2.05, 4.69) is 10.6 Å². The number of carbonyl (C=O) groups is 1. The predicted molar refractivity (Wildman–Crippen MR) is 80.7 cm³/mol. The van der Waals surface area contributed by atoms with Crippen LogP contribution in [0.3, 0.4) is 0 Å². The molecule has 0 aliphatic carbocycles. The number of amides is 2. The summed E-state index contributed by atoms with van der Waals surface area (Å²) in [5.74, 6) is 0.438. The standard InChI is InChI=1S/C14H22N2O2S/c1-5-14(2,3)16-13(17)15-12-9-7-6-8-11(12)10-19(4)18/h6-9H,5,10H2,1-4H3,(H2,15,16,17)/t19-/m0/s1. The quantitative estimate of drug-likeness (QED) is 0.872. The lowest BCUT2D eigenvalue weighted by atomic mass is 10.0. The molecule has 0 unspecified atom stereocenters. The minimum absolute atomic E-state index is 0.235. The molecule has 1 atom stereocenters. The summed E-state index contributed by atoms with van der Waals surface area (Å²) >= 11 is 0. The average molecular weight is 282 g/mol. The van der Waals surface area contributed by atoms with Gasteiger partial charge >= 0.3 is 6.03 Å². The summed E-state index contributed by atoms with van der Waals surface area (Å²) in [7, 11) is -0.934. The second-order valence-corrected chi connectivity index (χ2v) is 6.63. The fourth-order valence-corrected chi connectivity index (χ4v) is 2.23. The molecule has 0 saturated heterocycles. The Hall–Kier alpha value is -1.36. The summed E-state index contributed by atoms with van der Waals surface area (Å²) in [5, 5.41) is 5.73. The molecule has 1 aromatic rings. The first-order chi connectivity index (χ1) is 8.84. The largest absolute Gasteiger partial charge is 0.333 e. The first-order valence-electron chi connectivity index (χ1n) is 6.31. The molecule has 1 aromatic carbocycles. The third kappa shape index (κ3) is 5.42. The number of nitrogens with one attached hydrogen (secondary N) is 2. The molecule has 5 heteroatoms. The number of urea groups is 1. The summed E-state index contributed by atoms with van der Waals surface area (Å²) in [6, 6.07) is 7.19. The van der Waals surface area contributed by atoms with Crippen LogP contribution in [0.15, 0.2) is 24.3 Å². The summed E-state index contributed by atoms with van der Waals surface area (Å²) in [5.41, 5.74) is 1.35. The van der Waals surface area contributed by atoms with Crippen molar-refractivity contribution in [2.45, 2.75) is 38.5 Å². The maximum absolute atomic E-state index is 11.9. The van der Waals surface area contributed by atoms with Gasteiger partial charge in [-0.1, -0.05) is 25.1 Å². The van der Waals surface area contributed by atoms with Gasteiger partial charge < -0.3 is 10.6 Å². The molecule has 2 amide bonds. The molecule has 0 heterocycles. The lowest BCUT2D eigenvalue weighted by molar-refractivity contribution is 0.240. The highest BCUT2D eigenvalue weighted by molar-refractivity contribution is 7.83. The molecule has 0 spiro atoms. The van der Waals surface area contributed by atoms with E-state index in [0.29, 0.717) is 11.4 Å². The zero-order valence-electron chi connectivity index (χ0n) is 11.9. The van der Waals surface area contributed by atoms with Crippen molar-refractivity contribution in [1.82, 2.24) is 5.32 Å². The van der Waals surface area contributed by atoms with E-state index in [9.17, 15) is 9.00 Å². The van der Waals surface area contributed by atoms with Crippen LogP contribution >= 0.6 is 0 Å². The summed E-state index contributed by atoms with van der Waals surface area (Å²) < 4.78 is 11.3. The molecule has 0 radical (unpaired) electrons. The Kier molecular flexibility index (Phi) is 5.54. The van der Waals surface area contributed by atoms with E-state index < -0.39 is 10.8 Å². The van der Waals surface area contributed by atoms with Gasteiger partial charge in [0.15, 0.2) is 0 Å². The molecule has 19 heavy (non-hydrogen) atoms. The first-order valence-corrected chi connectivity index (χ1v) is 8.04. The van der Waals surface area contributed by atoms with Gasteiger partial charge in [-0.05, 0) is 31.9 Å². The van der Waals surface area contributed by atoms with Crippen LogP contribution in [0.4, 0.5) is 10.5 Å². The maximum Gasteiger partial charge on any atom is 0.319 e. The van der Waals surface area contributed by atoms with Gasteiger partial charge in [0.25, 0.3) is 0 Å². The van der Waals surface area contributed by atoms with E-state index in [1.807, 2.05) is 45.0 Å². The van der Waals surface area contributed by atoms with Crippen molar-refractivity contribution in [3.63, 3.8) is 0 Å². The molecule has 0 saturated carbocycles. The summed E-state index contributed by atoms with van der Waals surface area (Å²) in [6.45, 7) is 5.97. The molecule has 0 aliphatic heterocycles. The number of benzene rings is 1. The van der Waals surface area contributed by atoms with Crippen LogP contribution in [0.25, 0.3) is 0 Å². The van der Waals surface area contributed by atoms with Gasteiger partial charge in [0, 0.05) is 28.3 Å². The molecule has 0 aliphatic rings. The smallest absolute Gasteiger partial charge is 0.319 e. The van der Waals surface area contributed by atoms with Crippen molar-refractivity contribution in [3.05, 3.63) is 29.8 Å². The fourth-order valence-electron chi connectivity index (χ4n) is 1.54. The Labute approximate surface area is 117 Å². The van der Waals surface area contributed by atoms with Crippen LogP contribution in [0, 0.1) is 0 Å². The lowest BCUT2D eigenvalue weighted by Gasteiger charge is -2.24. The summed E-state index contributed by atoms with van der Waals surface area (Å²) in [4.78, 5) is 11.9. The van der Waals surface area contributed by atoms with E-state index in [0.717, 1.165) is 12.0 Å². The van der Waals surface area contributed by atoms with Crippen molar-refractivity contribution in [3.8, 4) is 0 Å². The van der Waals surface area contributed by atoms with Crippen LogP contribution in [0.5, 0.6) is 0 Å². The monoisotopic (exact) mass is 282 g/mol. The van der Waals surface area contributed by atoms with E-state index in [-0.39, 0.29) is 11.6 Å².